The quantitative estimate of drug-likeness (QED) is 0.831. The monoisotopic (exact) mass is 265 g/mol. The second-order valence-corrected chi connectivity index (χ2v) is 2.93. The van der Waals surface area contributed by atoms with Gasteiger partial charge in [0.25, 0.3) is 0 Å². The third-order valence-corrected chi connectivity index (χ3v) is 1.83. The van der Waals surface area contributed by atoms with E-state index in [4.69, 9.17) is 0 Å². The van der Waals surface area contributed by atoms with Crippen molar-refractivity contribution in [3.63, 3.8) is 0 Å². The van der Waals surface area contributed by atoms with E-state index in [2.05, 4.69) is 14.4 Å². The van der Waals surface area contributed by atoms with E-state index in [-0.39, 0.29) is 23.7 Å². The zero-order valence-corrected chi connectivity index (χ0v) is 9.09. The van der Waals surface area contributed by atoms with Gasteiger partial charge in [0.05, 0.1) is 0 Å². The summed E-state index contributed by atoms with van der Waals surface area (Å²) in [5, 5.41) is 3.55. The van der Waals surface area contributed by atoms with E-state index in [0.29, 0.717) is 5.69 Å². The molecule has 0 radical (unpaired) electrons. The van der Waals surface area contributed by atoms with Gasteiger partial charge in [-0.2, -0.15) is 0 Å². The SMILES string of the molecule is Cl.FC(F)(F)Oc1ccccc1-c1ccon1. The molecule has 0 bridgehead atoms. The van der Waals surface area contributed by atoms with Crippen LogP contribution in [0.15, 0.2) is 41.1 Å². The van der Waals surface area contributed by atoms with Crippen LogP contribution >= 0.6 is 12.4 Å². The molecule has 0 unspecified atom stereocenters. The molecule has 0 spiro atoms. The topological polar surface area (TPSA) is 35.3 Å². The molecule has 0 atom stereocenters. The average molecular weight is 266 g/mol. The van der Waals surface area contributed by atoms with Gasteiger partial charge in [0, 0.05) is 11.6 Å². The zero-order valence-electron chi connectivity index (χ0n) is 8.27. The van der Waals surface area contributed by atoms with Gasteiger partial charge in [0.1, 0.15) is 17.7 Å². The lowest BCUT2D eigenvalue weighted by atomic mass is 10.1. The molecule has 0 fully saturated rings. The number of hydrogen-bond donors (Lipinski definition) is 0. The summed E-state index contributed by atoms with van der Waals surface area (Å²) in [5.74, 6) is -0.302. The molecule has 0 aliphatic carbocycles. The molecule has 0 saturated carbocycles. The van der Waals surface area contributed by atoms with Gasteiger partial charge in [-0.15, -0.1) is 25.6 Å². The normalized spacial score (nSPS) is 10.8. The summed E-state index contributed by atoms with van der Waals surface area (Å²) in [4.78, 5) is 0. The first-order valence-corrected chi connectivity index (χ1v) is 4.32. The Morgan fingerprint density at radius 2 is 1.82 bits per heavy atom. The number of benzene rings is 1. The summed E-state index contributed by atoms with van der Waals surface area (Å²) >= 11 is 0. The summed E-state index contributed by atoms with van der Waals surface area (Å²) in [5.41, 5.74) is 0.522. The Bertz CT molecular complexity index is 471. The number of ether oxygens (including phenoxy) is 1. The summed E-state index contributed by atoms with van der Waals surface area (Å²) in [6.45, 7) is 0. The van der Waals surface area contributed by atoms with E-state index in [1.165, 1.54) is 30.5 Å². The Kier molecular flexibility index (Phi) is 4.01. The first kappa shape index (κ1) is 13.4. The van der Waals surface area contributed by atoms with Crippen LogP contribution in [0.3, 0.4) is 0 Å². The second kappa shape index (κ2) is 5.09. The van der Waals surface area contributed by atoms with Crippen LogP contribution in [0.2, 0.25) is 0 Å². The molecule has 92 valence electrons. The molecule has 17 heavy (non-hydrogen) atoms. The van der Waals surface area contributed by atoms with Gasteiger partial charge in [-0.25, -0.2) is 0 Å². The number of para-hydroxylation sites is 1. The molecule has 0 saturated heterocycles. The maximum absolute atomic E-state index is 12.1. The van der Waals surface area contributed by atoms with Crippen molar-refractivity contribution in [2.45, 2.75) is 6.36 Å². The molecule has 0 amide bonds. The molecule has 1 heterocycles. The van der Waals surface area contributed by atoms with E-state index in [1.54, 1.807) is 6.07 Å². The average Bonchev–Trinajstić information content (AvgIpc) is 2.69. The molecule has 7 heteroatoms. The first-order valence-electron chi connectivity index (χ1n) is 4.32. The minimum Gasteiger partial charge on any atom is -0.405 e. The van der Waals surface area contributed by atoms with Crippen LogP contribution in [0.1, 0.15) is 0 Å². The minimum atomic E-state index is -4.72. The van der Waals surface area contributed by atoms with Gasteiger partial charge >= 0.3 is 6.36 Å². The molecular weight excluding hydrogens is 259 g/mol. The van der Waals surface area contributed by atoms with E-state index in [0.717, 1.165) is 0 Å². The van der Waals surface area contributed by atoms with Crippen LogP contribution in [0.4, 0.5) is 13.2 Å². The fourth-order valence-electron chi connectivity index (χ4n) is 1.24. The molecule has 0 N–H and O–H groups in total. The molecule has 0 aliphatic heterocycles. The smallest absolute Gasteiger partial charge is 0.405 e. The Morgan fingerprint density at radius 3 is 2.41 bits per heavy atom. The summed E-state index contributed by atoms with van der Waals surface area (Å²) < 4.78 is 44.7. The van der Waals surface area contributed by atoms with Crippen LogP contribution < -0.4 is 4.74 Å². The minimum absolute atomic E-state index is 0. The number of rotatable bonds is 2. The highest BCUT2D eigenvalue weighted by Crippen LogP contribution is 2.32. The van der Waals surface area contributed by atoms with E-state index in [1.807, 2.05) is 0 Å². The van der Waals surface area contributed by atoms with Crippen LogP contribution in [0.25, 0.3) is 11.3 Å². The van der Waals surface area contributed by atoms with Gasteiger partial charge in [-0.1, -0.05) is 17.3 Å². The molecule has 1 aromatic heterocycles. The van der Waals surface area contributed by atoms with Gasteiger partial charge in [0.15, 0.2) is 0 Å². The molecular formula is C10H7ClF3NO2. The van der Waals surface area contributed by atoms with Crippen molar-refractivity contribution in [2.75, 3.05) is 0 Å². The van der Waals surface area contributed by atoms with Crippen molar-refractivity contribution in [3.8, 4) is 17.0 Å². The summed E-state index contributed by atoms with van der Waals surface area (Å²) in [6, 6.07) is 7.19. The number of aromatic nitrogens is 1. The third-order valence-electron chi connectivity index (χ3n) is 1.83. The molecule has 0 aliphatic rings. The lowest BCUT2D eigenvalue weighted by Crippen LogP contribution is -2.17. The lowest BCUT2D eigenvalue weighted by Gasteiger charge is -2.11. The number of halogens is 4. The van der Waals surface area contributed by atoms with Crippen LogP contribution in [-0.2, 0) is 0 Å². The van der Waals surface area contributed by atoms with Crippen molar-refractivity contribution in [2.24, 2.45) is 0 Å². The third kappa shape index (κ3) is 3.39. The van der Waals surface area contributed by atoms with Crippen molar-refractivity contribution in [1.82, 2.24) is 5.16 Å². The Morgan fingerprint density at radius 1 is 1.12 bits per heavy atom. The fourth-order valence-corrected chi connectivity index (χ4v) is 1.24. The van der Waals surface area contributed by atoms with Gasteiger partial charge < -0.3 is 9.26 Å². The second-order valence-electron chi connectivity index (χ2n) is 2.93. The van der Waals surface area contributed by atoms with E-state index in [9.17, 15) is 13.2 Å². The Hall–Kier alpha value is -1.69. The van der Waals surface area contributed by atoms with Crippen molar-refractivity contribution in [3.05, 3.63) is 36.6 Å². The van der Waals surface area contributed by atoms with E-state index < -0.39 is 6.36 Å². The largest absolute Gasteiger partial charge is 0.573 e. The zero-order chi connectivity index (χ0) is 11.6. The van der Waals surface area contributed by atoms with Crippen molar-refractivity contribution >= 4 is 12.4 Å². The van der Waals surface area contributed by atoms with Gasteiger partial charge in [-0.05, 0) is 12.1 Å². The standard InChI is InChI=1S/C10H6F3NO2.ClH/c11-10(12,13)16-9-4-2-1-3-7(9)8-5-6-15-14-8;/h1-6H;1H. The van der Waals surface area contributed by atoms with Crippen LogP contribution in [-0.4, -0.2) is 11.5 Å². The fraction of sp³-hybridized carbons (Fsp3) is 0.100. The van der Waals surface area contributed by atoms with E-state index >= 15 is 0 Å². The van der Waals surface area contributed by atoms with Gasteiger partial charge in [-0.3, -0.25) is 0 Å². The first-order chi connectivity index (χ1) is 7.56. The number of hydrogen-bond acceptors (Lipinski definition) is 3. The highest BCUT2D eigenvalue weighted by molar-refractivity contribution is 5.85. The maximum atomic E-state index is 12.1. The molecule has 1 aromatic carbocycles. The van der Waals surface area contributed by atoms with Crippen molar-refractivity contribution < 1.29 is 22.4 Å². The molecule has 3 nitrogen and oxygen atoms in total. The number of nitrogens with zero attached hydrogens (tertiary/aromatic N) is 1. The Labute approximate surface area is 101 Å². The summed E-state index contributed by atoms with van der Waals surface area (Å²) in [6.07, 6.45) is -3.44. The lowest BCUT2D eigenvalue weighted by molar-refractivity contribution is -0.274. The van der Waals surface area contributed by atoms with Crippen LogP contribution in [0, 0.1) is 0 Å². The predicted octanol–water partition coefficient (Wildman–Crippen LogP) is 3.66. The van der Waals surface area contributed by atoms with Crippen LogP contribution in [0.5, 0.6) is 5.75 Å². The van der Waals surface area contributed by atoms with Gasteiger partial charge in [0.2, 0.25) is 0 Å². The highest BCUT2D eigenvalue weighted by atomic mass is 35.5. The molecule has 2 aromatic rings. The Balaban J connectivity index is 0.00000144. The molecule has 2 rings (SSSR count). The number of alkyl halides is 3. The maximum Gasteiger partial charge on any atom is 0.573 e. The summed E-state index contributed by atoms with van der Waals surface area (Å²) in [7, 11) is 0. The van der Waals surface area contributed by atoms with Crippen molar-refractivity contribution in [1.29, 1.82) is 0 Å². The highest BCUT2D eigenvalue weighted by Gasteiger charge is 2.32. The predicted molar refractivity (Wildman–Crippen MR) is 55.9 cm³/mol.